The van der Waals surface area contributed by atoms with Gasteiger partial charge in [0.15, 0.2) is 6.61 Å². The summed E-state index contributed by atoms with van der Waals surface area (Å²) in [7, 11) is 0. The van der Waals surface area contributed by atoms with Crippen molar-refractivity contribution in [2.75, 3.05) is 25.0 Å². The van der Waals surface area contributed by atoms with E-state index in [1.807, 2.05) is 0 Å². The molecule has 1 aliphatic heterocycles. The van der Waals surface area contributed by atoms with Crippen molar-refractivity contribution in [1.82, 2.24) is 10.6 Å². The van der Waals surface area contributed by atoms with Crippen molar-refractivity contribution in [2.24, 2.45) is 15.7 Å². The summed E-state index contributed by atoms with van der Waals surface area (Å²) < 4.78 is 42.0. The van der Waals surface area contributed by atoms with Crippen LogP contribution in [0, 0.1) is 0 Å². The van der Waals surface area contributed by atoms with Crippen LogP contribution in [0.25, 0.3) is 0 Å². The van der Waals surface area contributed by atoms with Gasteiger partial charge in [0, 0.05) is 18.8 Å². The van der Waals surface area contributed by atoms with Gasteiger partial charge in [0.1, 0.15) is 0 Å². The molecule has 0 spiro atoms. The number of aliphatic hydroxyl groups excluding tert-OH is 1. The average molecular weight is 374 g/mol. The molecule has 1 atom stereocenters. The smallest absolute Gasteiger partial charge is 0.422 e. The van der Waals surface area contributed by atoms with E-state index in [9.17, 15) is 18.3 Å². The molecule has 0 radical (unpaired) electrons. The number of nitrogens with two attached hydrogens (primary N) is 1. The minimum atomic E-state index is -4.50. The Balaban J connectivity index is 2.18. The first-order chi connectivity index (χ1) is 12.2. The molecule has 11 heteroatoms. The van der Waals surface area contributed by atoms with Gasteiger partial charge in [-0.3, -0.25) is 10.6 Å². The van der Waals surface area contributed by atoms with Crippen LogP contribution in [0.15, 0.2) is 34.3 Å². The van der Waals surface area contributed by atoms with Gasteiger partial charge in [-0.2, -0.15) is 18.2 Å². The van der Waals surface area contributed by atoms with Crippen molar-refractivity contribution in [3.8, 4) is 0 Å². The maximum absolute atomic E-state index is 12.4. The Hall–Kier alpha value is -2.37. The highest BCUT2D eigenvalue weighted by Gasteiger charge is 2.33. The summed E-state index contributed by atoms with van der Waals surface area (Å²) in [6, 6.07) is 6.52. The lowest BCUT2D eigenvalue weighted by Gasteiger charge is -2.29. The molecule has 1 unspecified atom stereocenters. The highest BCUT2D eigenvalue weighted by atomic mass is 19.4. The third-order valence-corrected chi connectivity index (χ3v) is 3.22. The summed E-state index contributed by atoms with van der Waals surface area (Å²) in [6.45, 7) is 0.593. The number of amidine groups is 1. The second kappa shape index (κ2) is 8.34. The molecular formula is C15H21F3N6O2. The number of ether oxygens (including phenoxy) is 1. The van der Waals surface area contributed by atoms with Crippen LogP contribution in [0.2, 0.25) is 0 Å². The van der Waals surface area contributed by atoms with Crippen LogP contribution in [0.4, 0.5) is 18.9 Å². The van der Waals surface area contributed by atoms with Crippen LogP contribution in [0.3, 0.4) is 0 Å². The third-order valence-electron chi connectivity index (χ3n) is 3.22. The van der Waals surface area contributed by atoms with E-state index < -0.39 is 18.6 Å². The predicted octanol–water partition coefficient (Wildman–Crippen LogP) is 0.707. The second-order valence-corrected chi connectivity index (χ2v) is 5.63. The summed E-state index contributed by atoms with van der Waals surface area (Å²) in [6.07, 6.45) is -4.50. The molecule has 0 amide bonds. The minimum absolute atomic E-state index is 0.138. The Morgan fingerprint density at radius 3 is 2.77 bits per heavy atom. The molecule has 0 bridgehead atoms. The number of guanidine groups is 1. The molecule has 1 heterocycles. The van der Waals surface area contributed by atoms with Gasteiger partial charge in [0.25, 0.3) is 6.02 Å². The largest absolute Gasteiger partial charge is 0.455 e. The van der Waals surface area contributed by atoms with Crippen LogP contribution in [-0.2, 0) is 11.3 Å². The molecule has 6 N–H and O–H groups in total. The summed E-state index contributed by atoms with van der Waals surface area (Å²) in [4.78, 5) is 8.34. The van der Waals surface area contributed by atoms with Crippen LogP contribution in [0.5, 0.6) is 0 Å². The van der Waals surface area contributed by atoms with Gasteiger partial charge >= 0.3 is 6.18 Å². The third kappa shape index (κ3) is 6.17. The molecule has 144 valence electrons. The first-order valence-corrected chi connectivity index (χ1v) is 7.81. The van der Waals surface area contributed by atoms with E-state index >= 15 is 0 Å². The summed E-state index contributed by atoms with van der Waals surface area (Å²) in [5.74, 6) is -1.11. The van der Waals surface area contributed by atoms with E-state index in [2.05, 4.69) is 25.9 Å². The zero-order chi connectivity index (χ0) is 19.2. The first-order valence-electron chi connectivity index (χ1n) is 7.81. The van der Waals surface area contributed by atoms with Gasteiger partial charge in [-0.1, -0.05) is 12.1 Å². The number of hydrogen-bond acceptors (Lipinski definition) is 8. The zero-order valence-electron chi connectivity index (χ0n) is 14.1. The van der Waals surface area contributed by atoms with E-state index in [4.69, 9.17) is 10.5 Å². The molecule has 0 saturated heterocycles. The molecule has 0 saturated carbocycles. The molecule has 1 aromatic carbocycles. The highest BCUT2D eigenvalue weighted by molar-refractivity contribution is 6.05. The molecule has 1 aromatic rings. The Bertz CT molecular complexity index is 680. The minimum Gasteiger partial charge on any atom is -0.455 e. The van der Waals surface area contributed by atoms with Gasteiger partial charge < -0.3 is 20.9 Å². The maximum Gasteiger partial charge on any atom is 0.422 e. The van der Waals surface area contributed by atoms with E-state index in [1.165, 1.54) is 0 Å². The zero-order valence-corrected chi connectivity index (χ0v) is 14.1. The molecular weight excluding hydrogens is 353 g/mol. The number of benzene rings is 1. The average Bonchev–Trinajstić information content (AvgIpc) is 2.57. The summed E-state index contributed by atoms with van der Waals surface area (Å²) >= 11 is 0. The fourth-order valence-corrected chi connectivity index (χ4v) is 2.15. The molecule has 26 heavy (non-hydrogen) atoms. The van der Waals surface area contributed by atoms with Gasteiger partial charge in [0.2, 0.25) is 11.7 Å². The monoisotopic (exact) mass is 374 g/mol. The van der Waals surface area contributed by atoms with Crippen LogP contribution in [-0.4, -0.2) is 48.7 Å². The molecule has 2 rings (SSSR count). The van der Waals surface area contributed by atoms with Gasteiger partial charge in [-0.25, -0.2) is 4.99 Å². The number of halogens is 3. The number of anilines is 1. The van der Waals surface area contributed by atoms with Crippen molar-refractivity contribution >= 4 is 17.7 Å². The molecule has 0 aromatic heterocycles. The van der Waals surface area contributed by atoms with Crippen molar-refractivity contribution in [2.45, 2.75) is 25.5 Å². The SMILES string of the molecule is CC1(NCCN)N=C(Nc2cccc(CO)c2)NC(OCC(F)(F)F)=N1. The molecule has 0 aliphatic carbocycles. The van der Waals surface area contributed by atoms with Gasteiger partial charge in [0.05, 0.1) is 6.61 Å². The van der Waals surface area contributed by atoms with Crippen LogP contribution < -0.4 is 21.7 Å². The van der Waals surface area contributed by atoms with E-state index in [1.54, 1.807) is 31.2 Å². The topological polar surface area (TPSA) is 116 Å². The Labute approximate surface area is 148 Å². The molecule has 1 aliphatic rings. The van der Waals surface area contributed by atoms with Crippen LogP contribution >= 0.6 is 0 Å². The van der Waals surface area contributed by atoms with Crippen molar-refractivity contribution in [3.05, 3.63) is 29.8 Å². The van der Waals surface area contributed by atoms with Crippen LogP contribution in [0.1, 0.15) is 12.5 Å². The summed E-state index contributed by atoms with van der Waals surface area (Å²) in [5, 5.41) is 17.6. The number of aliphatic imine (C=N–C) groups is 2. The maximum atomic E-state index is 12.4. The van der Waals surface area contributed by atoms with Crippen molar-refractivity contribution in [3.63, 3.8) is 0 Å². The molecule has 0 fully saturated rings. The Morgan fingerprint density at radius 1 is 1.35 bits per heavy atom. The lowest BCUT2D eigenvalue weighted by molar-refractivity contribution is -0.156. The van der Waals surface area contributed by atoms with E-state index in [0.29, 0.717) is 24.3 Å². The van der Waals surface area contributed by atoms with E-state index in [-0.39, 0.29) is 18.6 Å². The number of nitrogens with one attached hydrogen (secondary N) is 3. The second-order valence-electron chi connectivity index (χ2n) is 5.63. The van der Waals surface area contributed by atoms with E-state index in [0.717, 1.165) is 0 Å². The quantitative estimate of drug-likeness (QED) is 0.501. The number of rotatable bonds is 6. The van der Waals surface area contributed by atoms with Gasteiger partial charge in [-0.05, 0) is 24.6 Å². The normalized spacial score (nSPS) is 20.1. The number of alkyl halides is 3. The standard InChI is InChI=1S/C15H21F3N6O2/c1-14(20-6-5-19)23-12(21-11-4-2-3-10(7-11)8-25)22-13(24-14)26-9-15(16,17)18/h2-4,7,20,25H,5-6,8-9,19H2,1H3,(H2,21,22,23,24). The fraction of sp³-hybridized carbons (Fsp3) is 0.467. The van der Waals surface area contributed by atoms with Crippen molar-refractivity contribution in [1.29, 1.82) is 0 Å². The van der Waals surface area contributed by atoms with Crippen molar-refractivity contribution < 1.29 is 23.0 Å². The number of hydrogen-bond donors (Lipinski definition) is 5. The first kappa shape index (κ1) is 19.9. The van der Waals surface area contributed by atoms with Gasteiger partial charge in [-0.15, -0.1) is 0 Å². The molecule has 8 nitrogen and oxygen atoms in total. The summed E-state index contributed by atoms with van der Waals surface area (Å²) in [5.41, 5.74) is 6.70. The lowest BCUT2D eigenvalue weighted by atomic mass is 10.2. The number of nitrogens with zero attached hydrogens (tertiary/aromatic N) is 2. The fourth-order valence-electron chi connectivity index (χ4n) is 2.15. The Kier molecular flexibility index (Phi) is 6.40. The number of aliphatic hydroxyl groups is 1. The highest BCUT2D eigenvalue weighted by Crippen LogP contribution is 2.18. The predicted molar refractivity (Wildman–Crippen MR) is 91.5 cm³/mol. The Morgan fingerprint density at radius 2 is 2.12 bits per heavy atom. The lowest BCUT2D eigenvalue weighted by Crippen LogP contribution is -2.52.